The van der Waals surface area contributed by atoms with Crippen LogP contribution < -0.4 is 5.32 Å². The Kier molecular flexibility index (Phi) is 12.9. The average molecular weight is 528 g/mol. The zero-order chi connectivity index (χ0) is 29.8. The van der Waals surface area contributed by atoms with Crippen molar-refractivity contribution < 1.29 is 5.11 Å². The quantitative estimate of drug-likeness (QED) is 0.300. The number of aliphatic hydroxyl groups excluding tert-OH is 1. The van der Waals surface area contributed by atoms with Gasteiger partial charge in [0.05, 0.1) is 33.4 Å². The van der Waals surface area contributed by atoms with Crippen LogP contribution in [0.5, 0.6) is 0 Å². The molecule has 0 aromatic rings. The third-order valence-corrected chi connectivity index (χ3v) is 7.32. The molecule has 0 saturated heterocycles. The van der Waals surface area contributed by atoms with Crippen molar-refractivity contribution in [3.63, 3.8) is 0 Å². The smallest absolute Gasteiger partial charge is 0.0976 e. The van der Waals surface area contributed by atoms with Crippen molar-refractivity contribution in [1.82, 2.24) is 24.9 Å². The van der Waals surface area contributed by atoms with Crippen molar-refractivity contribution in [3.8, 4) is 0 Å². The lowest BCUT2D eigenvalue weighted by Gasteiger charge is -2.49. The number of rotatable bonds is 11. The van der Waals surface area contributed by atoms with E-state index in [2.05, 4.69) is 150 Å². The van der Waals surface area contributed by atoms with Gasteiger partial charge in [0.2, 0.25) is 0 Å². The molecule has 0 saturated carbocycles. The minimum absolute atomic E-state index is 0.00593. The molecule has 0 amide bonds. The van der Waals surface area contributed by atoms with E-state index < -0.39 is 0 Å². The fourth-order valence-electron chi connectivity index (χ4n) is 6.13. The van der Waals surface area contributed by atoms with Crippen LogP contribution in [-0.4, -0.2) is 86.8 Å². The lowest BCUT2D eigenvalue weighted by molar-refractivity contribution is -0.0674. The van der Waals surface area contributed by atoms with E-state index >= 15 is 0 Å². The third kappa shape index (κ3) is 13.1. The van der Waals surface area contributed by atoms with Gasteiger partial charge in [-0.05, 0) is 99.8 Å². The van der Waals surface area contributed by atoms with Crippen molar-refractivity contribution in [3.05, 3.63) is 0 Å². The zero-order valence-electron chi connectivity index (χ0n) is 28.6. The van der Waals surface area contributed by atoms with Gasteiger partial charge in [0.25, 0.3) is 0 Å². The summed E-state index contributed by atoms with van der Waals surface area (Å²) in [5, 5.41) is 14.3. The predicted octanol–water partition coefficient (Wildman–Crippen LogP) is 6.47. The van der Waals surface area contributed by atoms with Crippen molar-refractivity contribution in [2.75, 3.05) is 40.0 Å². The van der Waals surface area contributed by atoms with Crippen LogP contribution in [0.4, 0.5) is 0 Å². The number of nitrogens with one attached hydrogen (secondary N) is 1. The standard InChI is InChI=1S/C31H69N5O/c1-26(2,3)25(27(4,5)6)19-33(20-32-21-35(28(7,8)9)29(10,11)12)22-34(24-37)23-36(30(13,14)15)31(16,17)18/h25,32,37H,19-24H2,1-18H3. The normalized spacial score (nSPS) is 15.2. The van der Waals surface area contributed by atoms with E-state index in [4.69, 9.17) is 0 Å². The Labute approximate surface area is 233 Å². The highest BCUT2D eigenvalue weighted by atomic mass is 16.3. The van der Waals surface area contributed by atoms with Gasteiger partial charge in [-0.1, -0.05) is 41.5 Å². The maximum atomic E-state index is 10.5. The average Bonchev–Trinajstić information content (AvgIpc) is 2.59. The zero-order valence-corrected chi connectivity index (χ0v) is 28.6. The summed E-state index contributed by atoms with van der Waals surface area (Å²) in [4.78, 5) is 9.68. The minimum Gasteiger partial charge on any atom is -0.381 e. The molecule has 0 heterocycles. The second-order valence-corrected chi connectivity index (χ2v) is 17.3. The first kappa shape index (κ1) is 36.8. The van der Waals surface area contributed by atoms with Gasteiger partial charge < -0.3 is 5.11 Å². The first-order valence-electron chi connectivity index (χ1n) is 14.4. The number of aliphatic hydroxyl groups is 1. The van der Waals surface area contributed by atoms with Crippen molar-refractivity contribution in [1.29, 1.82) is 0 Å². The van der Waals surface area contributed by atoms with Crippen LogP contribution in [0.1, 0.15) is 125 Å². The van der Waals surface area contributed by atoms with E-state index in [1.807, 2.05) is 0 Å². The van der Waals surface area contributed by atoms with Crippen LogP contribution in [0.2, 0.25) is 0 Å². The molecule has 2 N–H and O–H groups in total. The van der Waals surface area contributed by atoms with Gasteiger partial charge in [-0.15, -0.1) is 0 Å². The summed E-state index contributed by atoms with van der Waals surface area (Å²) in [6, 6.07) is 0. The van der Waals surface area contributed by atoms with E-state index in [9.17, 15) is 5.11 Å². The molecule has 6 heteroatoms. The Morgan fingerprint density at radius 1 is 0.514 bits per heavy atom. The van der Waals surface area contributed by atoms with E-state index in [-0.39, 0.29) is 39.7 Å². The summed E-state index contributed by atoms with van der Waals surface area (Å²) >= 11 is 0. The largest absolute Gasteiger partial charge is 0.381 e. The van der Waals surface area contributed by atoms with Crippen LogP contribution in [0.15, 0.2) is 0 Å². The van der Waals surface area contributed by atoms with Gasteiger partial charge in [0.1, 0.15) is 0 Å². The first-order chi connectivity index (χ1) is 16.1. The molecule has 0 aliphatic carbocycles. The topological polar surface area (TPSA) is 45.2 Å². The summed E-state index contributed by atoms with van der Waals surface area (Å²) in [7, 11) is 0. The third-order valence-electron chi connectivity index (χ3n) is 7.32. The second kappa shape index (κ2) is 13.0. The van der Waals surface area contributed by atoms with Crippen LogP contribution in [0.25, 0.3) is 0 Å². The van der Waals surface area contributed by atoms with Crippen LogP contribution >= 0.6 is 0 Å². The molecule has 0 spiro atoms. The van der Waals surface area contributed by atoms with Crippen LogP contribution in [0, 0.1) is 16.7 Å². The highest BCUT2D eigenvalue weighted by molar-refractivity contribution is 4.89. The molecular weight excluding hydrogens is 458 g/mol. The number of nitrogens with zero attached hydrogens (tertiary/aromatic N) is 4. The molecule has 0 radical (unpaired) electrons. The van der Waals surface area contributed by atoms with Gasteiger partial charge >= 0.3 is 0 Å². The fraction of sp³-hybridized carbons (Fsp3) is 1.00. The Hall–Kier alpha value is -0.240. The summed E-state index contributed by atoms with van der Waals surface area (Å²) in [5.41, 5.74) is 0.458. The fourth-order valence-corrected chi connectivity index (χ4v) is 6.13. The Morgan fingerprint density at radius 3 is 1.19 bits per heavy atom. The SMILES string of the molecule is CC(C)(C)C(CN(CNCN(C(C)(C)C)C(C)(C)C)CN(CO)CN(C(C)(C)C)C(C)(C)C)C(C)(C)C. The molecular formula is C31H69N5O. The summed E-state index contributed by atoms with van der Waals surface area (Å²) in [5.74, 6) is 0.491. The van der Waals surface area contributed by atoms with E-state index in [1.54, 1.807) is 0 Å². The second-order valence-electron chi connectivity index (χ2n) is 17.3. The summed E-state index contributed by atoms with van der Waals surface area (Å²) in [6.45, 7) is 45.4. The molecule has 0 atom stereocenters. The molecule has 6 nitrogen and oxygen atoms in total. The highest BCUT2D eigenvalue weighted by Crippen LogP contribution is 2.40. The van der Waals surface area contributed by atoms with Crippen LogP contribution in [-0.2, 0) is 0 Å². The molecule has 0 aromatic heterocycles. The number of hydrogen-bond acceptors (Lipinski definition) is 6. The maximum Gasteiger partial charge on any atom is 0.0976 e. The van der Waals surface area contributed by atoms with Gasteiger partial charge in [0, 0.05) is 28.7 Å². The first-order valence-corrected chi connectivity index (χ1v) is 14.4. The van der Waals surface area contributed by atoms with Crippen molar-refractivity contribution >= 4 is 0 Å². The van der Waals surface area contributed by atoms with E-state index in [1.165, 1.54) is 0 Å². The van der Waals surface area contributed by atoms with E-state index in [0.29, 0.717) is 19.3 Å². The molecule has 0 aliphatic heterocycles. The van der Waals surface area contributed by atoms with Gasteiger partial charge in [0.15, 0.2) is 0 Å². The van der Waals surface area contributed by atoms with Gasteiger partial charge in [-0.3, -0.25) is 24.9 Å². The highest BCUT2D eigenvalue weighted by Gasteiger charge is 2.38. The Bertz CT molecular complexity index is 608. The molecule has 0 aliphatic rings. The molecule has 0 rings (SSSR count). The lowest BCUT2D eigenvalue weighted by Crippen LogP contribution is -2.59. The molecule has 37 heavy (non-hydrogen) atoms. The lowest BCUT2D eigenvalue weighted by atomic mass is 9.66. The van der Waals surface area contributed by atoms with Gasteiger partial charge in [-0.2, -0.15) is 0 Å². The van der Waals surface area contributed by atoms with Crippen molar-refractivity contribution in [2.24, 2.45) is 16.7 Å². The molecule has 0 unspecified atom stereocenters. The summed E-state index contributed by atoms with van der Waals surface area (Å²) < 4.78 is 0. The predicted molar refractivity (Wildman–Crippen MR) is 163 cm³/mol. The van der Waals surface area contributed by atoms with Crippen molar-refractivity contribution in [2.45, 2.75) is 147 Å². The monoisotopic (exact) mass is 528 g/mol. The van der Waals surface area contributed by atoms with E-state index in [0.717, 1.165) is 19.9 Å². The minimum atomic E-state index is -0.00593. The van der Waals surface area contributed by atoms with Crippen LogP contribution in [0.3, 0.4) is 0 Å². The molecule has 0 aromatic carbocycles. The van der Waals surface area contributed by atoms with Gasteiger partial charge in [-0.25, -0.2) is 0 Å². The summed E-state index contributed by atoms with van der Waals surface area (Å²) in [6.07, 6.45) is 0. The molecule has 0 fully saturated rings. The molecule has 224 valence electrons. The Morgan fingerprint density at radius 2 is 0.892 bits per heavy atom. The number of hydrogen-bond donors (Lipinski definition) is 2. The molecule has 0 bridgehead atoms. The Balaban J connectivity index is 6.00. The maximum absolute atomic E-state index is 10.5.